The van der Waals surface area contributed by atoms with Crippen LogP contribution >= 0.6 is 11.3 Å². The minimum absolute atomic E-state index is 0.560. The number of benzene rings is 9. The fourth-order valence-corrected chi connectivity index (χ4v) is 12.2. The van der Waals surface area contributed by atoms with Crippen molar-refractivity contribution in [2.45, 2.75) is 18.3 Å². The van der Waals surface area contributed by atoms with Crippen molar-refractivity contribution in [3.8, 4) is 22.3 Å². The highest BCUT2D eigenvalue weighted by molar-refractivity contribution is 7.26. The van der Waals surface area contributed by atoms with E-state index in [0.29, 0.717) is 0 Å². The van der Waals surface area contributed by atoms with Gasteiger partial charge in [0.15, 0.2) is 0 Å². The molecule has 1 heterocycles. The van der Waals surface area contributed by atoms with E-state index in [0.717, 1.165) is 18.5 Å². The molecule has 1 unspecified atom stereocenters. The van der Waals surface area contributed by atoms with E-state index in [1.165, 1.54) is 108 Å². The van der Waals surface area contributed by atoms with Gasteiger partial charge in [0.25, 0.3) is 0 Å². The third-order valence-corrected chi connectivity index (χ3v) is 14.5. The van der Waals surface area contributed by atoms with Gasteiger partial charge in [-0.05, 0) is 121 Å². The molecule has 9 aromatic carbocycles. The number of rotatable bonds is 4. The monoisotopic (exact) mass is 767 g/mol. The average Bonchev–Trinajstić information content (AvgIpc) is 3.83. The van der Waals surface area contributed by atoms with Crippen molar-refractivity contribution in [1.82, 2.24) is 0 Å². The van der Waals surface area contributed by atoms with Gasteiger partial charge in [-0.3, -0.25) is 0 Å². The summed E-state index contributed by atoms with van der Waals surface area (Å²) >= 11 is 1.88. The van der Waals surface area contributed by atoms with Gasteiger partial charge in [0.1, 0.15) is 0 Å². The molecular formula is C57H37NS. The van der Waals surface area contributed by atoms with Crippen LogP contribution in [0.3, 0.4) is 0 Å². The average molecular weight is 768 g/mol. The van der Waals surface area contributed by atoms with Crippen LogP contribution in [0.5, 0.6) is 0 Å². The Kier molecular flexibility index (Phi) is 7.00. The summed E-state index contributed by atoms with van der Waals surface area (Å²) in [5.41, 5.74) is 16.5. The number of hydrogen-bond donors (Lipinski definition) is 0. The predicted molar refractivity (Wildman–Crippen MR) is 250 cm³/mol. The Morgan fingerprint density at radius 2 is 1.14 bits per heavy atom. The SMILES string of the molecule is C1=c2ccc(-c3ccccc3)c3c2=C(CC1)c1ccccc1C31c2ccccc2-c2ccc(N(c3cccc4ccccc34)c3cccc4sc5ccccc5c34)cc21. The molecule has 1 aromatic heterocycles. The molecule has 276 valence electrons. The summed E-state index contributed by atoms with van der Waals surface area (Å²) in [5.74, 6) is 0. The van der Waals surface area contributed by atoms with E-state index in [1.54, 1.807) is 0 Å². The molecule has 1 atom stereocenters. The Morgan fingerprint density at radius 1 is 0.475 bits per heavy atom. The Labute approximate surface area is 347 Å². The molecule has 0 aliphatic heterocycles. The van der Waals surface area contributed by atoms with E-state index < -0.39 is 5.41 Å². The summed E-state index contributed by atoms with van der Waals surface area (Å²) in [6, 6.07) is 73.2. The van der Waals surface area contributed by atoms with Crippen molar-refractivity contribution in [2.75, 3.05) is 4.90 Å². The minimum Gasteiger partial charge on any atom is -0.309 e. The molecule has 1 spiro atoms. The lowest BCUT2D eigenvalue weighted by Gasteiger charge is -2.42. The van der Waals surface area contributed by atoms with Crippen LogP contribution in [0.4, 0.5) is 17.1 Å². The lowest BCUT2D eigenvalue weighted by atomic mass is 9.60. The second-order valence-electron chi connectivity index (χ2n) is 16.2. The highest BCUT2D eigenvalue weighted by Gasteiger charge is 2.51. The van der Waals surface area contributed by atoms with Crippen molar-refractivity contribution in [3.05, 3.63) is 232 Å². The van der Waals surface area contributed by atoms with Crippen LogP contribution in [0, 0.1) is 0 Å². The van der Waals surface area contributed by atoms with Gasteiger partial charge >= 0.3 is 0 Å². The Balaban J connectivity index is 1.19. The summed E-state index contributed by atoms with van der Waals surface area (Å²) < 4.78 is 2.60. The Hall–Kier alpha value is -7.00. The Bertz CT molecular complexity index is 3510. The quantitative estimate of drug-likeness (QED) is 0.172. The molecular weight excluding hydrogens is 731 g/mol. The third kappa shape index (κ3) is 4.50. The fraction of sp³-hybridized carbons (Fsp3) is 0.0526. The molecule has 2 heteroatoms. The third-order valence-electron chi connectivity index (χ3n) is 13.3. The molecule has 13 rings (SSSR count). The van der Waals surface area contributed by atoms with E-state index >= 15 is 0 Å². The van der Waals surface area contributed by atoms with Gasteiger partial charge in [0.05, 0.1) is 16.8 Å². The van der Waals surface area contributed by atoms with Crippen LogP contribution < -0.4 is 15.3 Å². The van der Waals surface area contributed by atoms with E-state index in [9.17, 15) is 0 Å². The number of hydrogen-bond acceptors (Lipinski definition) is 2. The van der Waals surface area contributed by atoms with Gasteiger partial charge in [-0.15, -0.1) is 11.3 Å². The second-order valence-corrected chi connectivity index (χ2v) is 17.3. The molecule has 1 nitrogen and oxygen atoms in total. The highest BCUT2D eigenvalue weighted by atomic mass is 32.1. The molecule has 3 aliphatic rings. The zero-order chi connectivity index (χ0) is 38.7. The summed E-state index contributed by atoms with van der Waals surface area (Å²) in [5, 5.41) is 7.82. The number of anilines is 3. The molecule has 0 radical (unpaired) electrons. The van der Waals surface area contributed by atoms with Crippen LogP contribution in [0.25, 0.3) is 64.8 Å². The standard InChI is InChI=1S/C57H37NS/c1-2-15-37(16-3-1)41-33-31-38-19-12-24-45-43-22-7-10-26-48(43)57(56(41)54(38)45)47-25-9-6-21-42(47)44-34-32-39(35-49(44)57)58(50-27-13-18-36-17-4-5-20-40(36)50)51-28-14-30-53-55(51)46-23-8-11-29-52(46)59-53/h1-11,13-23,25-35H,12,24H2. The number of nitrogens with zero attached hydrogens (tertiary/aromatic N) is 1. The van der Waals surface area contributed by atoms with Crippen LogP contribution in [0.2, 0.25) is 0 Å². The van der Waals surface area contributed by atoms with Gasteiger partial charge in [-0.25, -0.2) is 0 Å². The van der Waals surface area contributed by atoms with Crippen molar-refractivity contribution in [2.24, 2.45) is 0 Å². The van der Waals surface area contributed by atoms with Crippen LogP contribution in [-0.4, -0.2) is 0 Å². The first-order valence-electron chi connectivity index (χ1n) is 20.7. The van der Waals surface area contributed by atoms with E-state index in [1.807, 2.05) is 11.3 Å². The summed E-state index contributed by atoms with van der Waals surface area (Å²) in [6.45, 7) is 0. The molecule has 0 amide bonds. The van der Waals surface area contributed by atoms with Crippen LogP contribution in [-0.2, 0) is 5.41 Å². The zero-order valence-electron chi connectivity index (χ0n) is 32.3. The van der Waals surface area contributed by atoms with Gasteiger partial charge in [0, 0.05) is 31.2 Å². The highest BCUT2D eigenvalue weighted by Crippen LogP contribution is 2.60. The maximum absolute atomic E-state index is 2.56. The first kappa shape index (κ1) is 33.0. The minimum atomic E-state index is -0.560. The van der Waals surface area contributed by atoms with Gasteiger partial charge in [0.2, 0.25) is 0 Å². The van der Waals surface area contributed by atoms with Crippen LogP contribution in [0.15, 0.2) is 194 Å². The largest absolute Gasteiger partial charge is 0.309 e. The smallest absolute Gasteiger partial charge is 0.0732 e. The molecule has 0 N–H and O–H groups in total. The summed E-state index contributed by atoms with van der Waals surface area (Å²) in [7, 11) is 0. The second kappa shape index (κ2) is 12.5. The Morgan fingerprint density at radius 3 is 2.03 bits per heavy atom. The molecule has 0 fully saturated rings. The van der Waals surface area contributed by atoms with Crippen molar-refractivity contribution < 1.29 is 0 Å². The maximum Gasteiger partial charge on any atom is 0.0732 e. The lowest BCUT2D eigenvalue weighted by molar-refractivity contribution is 0.745. The summed E-state index contributed by atoms with van der Waals surface area (Å²) in [6.07, 6.45) is 4.56. The van der Waals surface area contributed by atoms with E-state index in [4.69, 9.17) is 0 Å². The van der Waals surface area contributed by atoms with E-state index in [-0.39, 0.29) is 0 Å². The first-order chi connectivity index (χ1) is 29.3. The van der Waals surface area contributed by atoms with Gasteiger partial charge in [-0.2, -0.15) is 0 Å². The number of fused-ring (bicyclic) bond motifs is 13. The van der Waals surface area contributed by atoms with Gasteiger partial charge in [-0.1, -0.05) is 164 Å². The number of thiophene rings is 1. The normalized spacial score (nSPS) is 15.8. The molecule has 59 heavy (non-hydrogen) atoms. The first-order valence-corrected chi connectivity index (χ1v) is 21.6. The predicted octanol–water partition coefficient (Wildman–Crippen LogP) is 13.8. The van der Waals surface area contributed by atoms with Gasteiger partial charge < -0.3 is 4.90 Å². The molecule has 10 aromatic rings. The molecule has 0 bridgehead atoms. The van der Waals surface area contributed by atoms with Crippen LogP contribution in [0.1, 0.15) is 40.7 Å². The van der Waals surface area contributed by atoms with Crippen molar-refractivity contribution in [1.29, 1.82) is 0 Å². The topological polar surface area (TPSA) is 3.24 Å². The lowest BCUT2D eigenvalue weighted by Crippen LogP contribution is -2.46. The molecule has 0 saturated carbocycles. The molecule has 0 saturated heterocycles. The maximum atomic E-state index is 2.56. The molecule has 3 aliphatic carbocycles. The fourth-order valence-electron chi connectivity index (χ4n) is 11.1. The van der Waals surface area contributed by atoms with E-state index in [2.05, 4.69) is 205 Å². The van der Waals surface area contributed by atoms with Crippen molar-refractivity contribution in [3.63, 3.8) is 0 Å². The van der Waals surface area contributed by atoms with Crippen molar-refractivity contribution >= 4 is 71.0 Å². The summed E-state index contributed by atoms with van der Waals surface area (Å²) in [4.78, 5) is 2.55. The zero-order valence-corrected chi connectivity index (χ0v) is 33.1.